The zero-order valence-electron chi connectivity index (χ0n) is 9.24. The van der Waals surface area contributed by atoms with Crippen LogP contribution in [-0.2, 0) is 4.79 Å². The second-order valence-corrected chi connectivity index (χ2v) is 4.88. The summed E-state index contributed by atoms with van der Waals surface area (Å²) in [6.07, 6.45) is 0. The largest absolute Gasteiger partial charge is 0.318 e. The number of carbonyl (C=O) groups excluding carboxylic acids is 2. The molecular formula is C14H8BrNO2. The summed E-state index contributed by atoms with van der Waals surface area (Å²) < 4.78 is 0.953. The maximum Gasteiger partial charge on any atom is 0.296 e. The molecule has 0 aromatic heterocycles. The fourth-order valence-electron chi connectivity index (χ4n) is 2.01. The molecule has 2 aromatic carbocycles. The minimum absolute atomic E-state index is 0.438. The maximum atomic E-state index is 11.6. The molecule has 0 bridgehead atoms. The number of rotatable bonds is 1. The van der Waals surface area contributed by atoms with Crippen molar-refractivity contribution in [2.45, 2.75) is 0 Å². The molecule has 1 amide bonds. The minimum atomic E-state index is -0.561. The number of amides is 1. The Bertz CT molecular complexity index is 679. The van der Waals surface area contributed by atoms with E-state index in [1.807, 2.05) is 30.3 Å². The molecule has 18 heavy (non-hydrogen) atoms. The van der Waals surface area contributed by atoms with Gasteiger partial charge in [-0.25, -0.2) is 0 Å². The molecule has 3 nitrogen and oxygen atoms in total. The molecule has 0 spiro atoms. The number of Topliss-reactive ketones (excluding diaryl/α,β-unsaturated/α-hetero) is 1. The van der Waals surface area contributed by atoms with Gasteiger partial charge in [0.05, 0.1) is 11.3 Å². The van der Waals surface area contributed by atoms with Crippen LogP contribution in [0, 0.1) is 0 Å². The number of hydrogen-bond donors (Lipinski definition) is 1. The SMILES string of the molecule is O=C1Nc2ccc(-c3ccccc3Br)cc2C1=O. The number of halogens is 1. The molecular weight excluding hydrogens is 294 g/mol. The Morgan fingerprint density at radius 3 is 2.50 bits per heavy atom. The lowest BCUT2D eigenvalue weighted by Crippen LogP contribution is -2.12. The molecule has 2 aromatic rings. The molecule has 0 atom stereocenters. The van der Waals surface area contributed by atoms with Crippen molar-refractivity contribution in [1.29, 1.82) is 0 Å². The summed E-state index contributed by atoms with van der Waals surface area (Å²) >= 11 is 3.47. The van der Waals surface area contributed by atoms with Gasteiger partial charge in [-0.15, -0.1) is 0 Å². The average molecular weight is 302 g/mol. The van der Waals surface area contributed by atoms with Crippen LogP contribution in [0.15, 0.2) is 46.9 Å². The van der Waals surface area contributed by atoms with Crippen molar-refractivity contribution in [2.75, 3.05) is 5.32 Å². The fourth-order valence-corrected chi connectivity index (χ4v) is 2.52. The summed E-state index contributed by atoms with van der Waals surface area (Å²) in [6.45, 7) is 0. The van der Waals surface area contributed by atoms with Gasteiger partial charge in [-0.1, -0.05) is 40.2 Å². The van der Waals surface area contributed by atoms with Crippen molar-refractivity contribution in [3.8, 4) is 11.1 Å². The first-order valence-corrected chi connectivity index (χ1v) is 6.21. The minimum Gasteiger partial charge on any atom is -0.318 e. The Kier molecular flexibility index (Phi) is 2.52. The number of carbonyl (C=O) groups is 2. The Labute approximate surface area is 112 Å². The Balaban J connectivity index is 2.15. The van der Waals surface area contributed by atoms with Crippen LogP contribution in [0.5, 0.6) is 0 Å². The van der Waals surface area contributed by atoms with Crippen LogP contribution in [0.25, 0.3) is 11.1 Å². The van der Waals surface area contributed by atoms with Gasteiger partial charge in [-0.3, -0.25) is 9.59 Å². The van der Waals surface area contributed by atoms with Crippen LogP contribution in [0.1, 0.15) is 10.4 Å². The number of hydrogen-bond acceptors (Lipinski definition) is 2. The predicted molar refractivity (Wildman–Crippen MR) is 72.5 cm³/mol. The topological polar surface area (TPSA) is 46.2 Å². The zero-order chi connectivity index (χ0) is 12.7. The van der Waals surface area contributed by atoms with Crippen molar-refractivity contribution in [1.82, 2.24) is 0 Å². The lowest BCUT2D eigenvalue weighted by Gasteiger charge is -2.06. The van der Waals surface area contributed by atoms with Crippen LogP contribution in [0.3, 0.4) is 0 Å². The smallest absolute Gasteiger partial charge is 0.296 e. The van der Waals surface area contributed by atoms with Gasteiger partial charge >= 0.3 is 0 Å². The first-order chi connectivity index (χ1) is 8.66. The monoisotopic (exact) mass is 301 g/mol. The Morgan fingerprint density at radius 1 is 0.944 bits per heavy atom. The van der Waals surface area contributed by atoms with E-state index in [1.165, 1.54) is 0 Å². The summed E-state index contributed by atoms with van der Waals surface area (Å²) in [5, 5.41) is 2.54. The van der Waals surface area contributed by atoms with Gasteiger partial charge in [0.25, 0.3) is 11.7 Å². The van der Waals surface area contributed by atoms with E-state index < -0.39 is 11.7 Å². The van der Waals surface area contributed by atoms with Gasteiger partial charge in [0.1, 0.15) is 0 Å². The van der Waals surface area contributed by atoms with Crippen LogP contribution >= 0.6 is 15.9 Å². The Morgan fingerprint density at radius 2 is 1.72 bits per heavy atom. The molecule has 88 valence electrons. The molecule has 1 aliphatic rings. The molecule has 0 aliphatic carbocycles. The molecule has 0 radical (unpaired) electrons. The second kappa shape index (κ2) is 4.07. The highest BCUT2D eigenvalue weighted by atomic mass is 79.9. The van der Waals surface area contributed by atoms with Crippen molar-refractivity contribution >= 4 is 33.3 Å². The molecule has 0 saturated heterocycles. The van der Waals surface area contributed by atoms with Crippen molar-refractivity contribution in [2.24, 2.45) is 0 Å². The third-order valence-corrected chi connectivity index (χ3v) is 3.59. The number of fused-ring (bicyclic) bond motifs is 1. The number of nitrogens with one attached hydrogen (secondary N) is 1. The first kappa shape index (κ1) is 11.2. The van der Waals surface area contributed by atoms with E-state index in [0.29, 0.717) is 11.3 Å². The van der Waals surface area contributed by atoms with E-state index in [1.54, 1.807) is 12.1 Å². The van der Waals surface area contributed by atoms with Crippen LogP contribution in [0.2, 0.25) is 0 Å². The number of ketones is 1. The van der Waals surface area contributed by atoms with Gasteiger partial charge in [0.2, 0.25) is 0 Å². The standard InChI is InChI=1S/C14H8BrNO2/c15-11-4-2-1-3-9(11)8-5-6-12-10(7-8)13(17)14(18)16-12/h1-7H,(H,16,17,18). The Hall–Kier alpha value is -1.94. The molecule has 0 fully saturated rings. The fraction of sp³-hybridized carbons (Fsp3) is 0. The van der Waals surface area contributed by atoms with Crippen molar-refractivity contribution < 1.29 is 9.59 Å². The maximum absolute atomic E-state index is 11.6. The van der Waals surface area contributed by atoms with E-state index in [9.17, 15) is 9.59 Å². The van der Waals surface area contributed by atoms with Gasteiger partial charge in [0, 0.05) is 4.47 Å². The summed E-state index contributed by atoms with van der Waals surface area (Å²) in [6, 6.07) is 13.1. The highest BCUT2D eigenvalue weighted by Crippen LogP contribution is 2.32. The molecule has 1 N–H and O–H groups in total. The van der Waals surface area contributed by atoms with Crippen LogP contribution in [0.4, 0.5) is 5.69 Å². The number of anilines is 1. The summed E-state index contributed by atoms with van der Waals surface area (Å²) in [7, 11) is 0. The van der Waals surface area contributed by atoms with Crippen LogP contribution < -0.4 is 5.32 Å². The van der Waals surface area contributed by atoms with Gasteiger partial charge in [-0.2, -0.15) is 0 Å². The zero-order valence-corrected chi connectivity index (χ0v) is 10.8. The van der Waals surface area contributed by atoms with Crippen molar-refractivity contribution in [3.05, 3.63) is 52.5 Å². The lowest BCUT2D eigenvalue weighted by atomic mass is 10.0. The third kappa shape index (κ3) is 1.66. The second-order valence-electron chi connectivity index (χ2n) is 4.02. The van der Waals surface area contributed by atoms with E-state index >= 15 is 0 Å². The molecule has 1 aliphatic heterocycles. The molecule has 3 rings (SSSR count). The average Bonchev–Trinajstić information content (AvgIpc) is 2.66. The van der Waals surface area contributed by atoms with Crippen molar-refractivity contribution in [3.63, 3.8) is 0 Å². The first-order valence-electron chi connectivity index (χ1n) is 5.41. The molecule has 0 unspecified atom stereocenters. The summed E-state index contributed by atoms with van der Waals surface area (Å²) in [4.78, 5) is 22.9. The van der Waals surface area contributed by atoms with E-state index in [-0.39, 0.29) is 0 Å². The number of benzene rings is 2. The highest BCUT2D eigenvalue weighted by Gasteiger charge is 2.28. The van der Waals surface area contributed by atoms with E-state index in [0.717, 1.165) is 15.6 Å². The summed E-state index contributed by atoms with van der Waals surface area (Å²) in [5.41, 5.74) is 2.92. The normalized spacial score (nSPS) is 13.4. The highest BCUT2D eigenvalue weighted by molar-refractivity contribution is 9.10. The van der Waals surface area contributed by atoms with Gasteiger partial charge in [0.15, 0.2) is 0 Å². The predicted octanol–water partition coefficient (Wildman–Crippen LogP) is 3.25. The van der Waals surface area contributed by atoms with E-state index in [4.69, 9.17) is 0 Å². The molecule has 1 heterocycles. The third-order valence-electron chi connectivity index (χ3n) is 2.90. The lowest BCUT2D eigenvalue weighted by molar-refractivity contribution is -0.112. The van der Waals surface area contributed by atoms with Gasteiger partial charge in [-0.05, 0) is 29.3 Å². The van der Waals surface area contributed by atoms with E-state index in [2.05, 4.69) is 21.2 Å². The van der Waals surface area contributed by atoms with Crippen LogP contribution in [-0.4, -0.2) is 11.7 Å². The van der Waals surface area contributed by atoms with Gasteiger partial charge < -0.3 is 5.32 Å². The summed E-state index contributed by atoms with van der Waals surface area (Å²) in [5.74, 6) is -1.03. The quantitative estimate of drug-likeness (QED) is 0.822. The molecule has 4 heteroatoms. The molecule has 0 saturated carbocycles.